The zero-order valence-corrected chi connectivity index (χ0v) is 24.9. The van der Waals surface area contributed by atoms with Crippen molar-refractivity contribution in [3.63, 3.8) is 0 Å². The molecule has 9 nitrogen and oxygen atoms in total. The second kappa shape index (κ2) is 10.7. The highest BCUT2D eigenvalue weighted by atomic mass is 35.5. The number of carbonyl (C=O) groups excluding carboxylic acids is 1. The van der Waals surface area contributed by atoms with E-state index in [2.05, 4.69) is 49.4 Å². The predicted octanol–water partition coefficient (Wildman–Crippen LogP) is 5.03. The molecular weight excluding hydrogens is 512 g/mol. The second-order valence-corrected chi connectivity index (χ2v) is 23.4. The highest BCUT2D eigenvalue weighted by molar-refractivity contribution is 6.76. The van der Waals surface area contributed by atoms with E-state index < -0.39 is 16.1 Å². The van der Waals surface area contributed by atoms with Crippen molar-refractivity contribution in [1.29, 1.82) is 0 Å². The molecule has 0 bridgehead atoms. The van der Waals surface area contributed by atoms with Crippen LogP contribution in [-0.2, 0) is 22.7 Å². The minimum absolute atomic E-state index is 0.158. The Bertz CT molecular complexity index is 1230. The number of hydrogen-bond donors (Lipinski definition) is 0. The van der Waals surface area contributed by atoms with Crippen molar-refractivity contribution in [2.45, 2.75) is 64.6 Å². The molecule has 36 heavy (non-hydrogen) atoms. The van der Waals surface area contributed by atoms with Crippen LogP contribution in [0.25, 0.3) is 22.3 Å². The first-order valence-electron chi connectivity index (χ1n) is 12.5. The Morgan fingerprint density at radius 3 is 2.33 bits per heavy atom. The van der Waals surface area contributed by atoms with Crippen molar-refractivity contribution in [2.75, 3.05) is 26.5 Å². The molecular formula is C24H37ClN6O3Si2. The molecule has 0 atom stereocenters. The fourth-order valence-corrected chi connectivity index (χ4v) is 5.76. The van der Waals surface area contributed by atoms with E-state index in [-0.39, 0.29) is 12.6 Å². The van der Waals surface area contributed by atoms with Gasteiger partial charge in [-0.3, -0.25) is 9.48 Å². The number of amides is 1. The van der Waals surface area contributed by atoms with Gasteiger partial charge in [-0.05, 0) is 18.2 Å². The van der Waals surface area contributed by atoms with Gasteiger partial charge >= 0.3 is 0 Å². The number of rotatable bonds is 11. The molecule has 4 rings (SSSR count). The number of halogens is 1. The maximum absolute atomic E-state index is 13.2. The molecule has 0 radical (unpaired) electrons. The molecule has 0 fully saturated rings. The fraction of sp³-hybridized carbons (Fsp3) is 0.583. The van der Waals surface area contributed by atoms with Crippen LogP contribution in [0.15, 0.2) is 18.5 Å². The van der Waals surface area contributed by atoms with Gasteiger partial charge in [0.1, 0.15) is 24.8 Å². The van der Waals surface area contributed by atoms with Crippen LogP contribution >= 0.6 is 11.6 Å². The number of hydrogen-bond acceptors (Lipinski definition) is 6. The highest BCUT2D eigenvalue weighted by Gasteiger charge is 2.32. The molecule has 3 aromatic heterocycles. The number of carbonyl (C=O) groups is 1. The van der Waals surface area contributed by atoms with Gasteiger partial charge in [-0.2, -0.15) is 10.2 Å². The van der Waals surface area contributed by atoms with E-state index in [1.807, 2.05) is 6.07 Å². The molecule has 0 spiro atoms. The quantitative estimate of drug-likeness (QED) is 0.247. The summed E-state index contributed by atoms with van der Waals surface area (Å²) in [5.41, 5.74) is 2.46. The van der Waals surface area contributed by atoms with Gasteiger partial charge in [-0.25, -0.2) is 9.67 Å². The molecule has 1 amide bonds. The van der Waals surface area contributed by atoms with E-state index in [1.54, 1.807) is 26.7 Å². The van der Waals surface area contributed by atoms with E-state index in [9.17, 15) is 4.79 Å². The van der Waals surface area contributed by atoms with E-state index in [0.29, 0.717) is 55.1 Å². The minimum Gasteiger partial charge on any atom is -0.361 e. The van der Waals surface area contributed by atoms with Crippen molar-refractivity contribution in [3.8, 4) is 11.3 Å². The molecule has 0 saturated carbocycles. The number of pyridine rings is 1. The van der Waals surface area contributed by atoms with Crippen molar-refractivity contribution in [1.82, 2.24) is 29.4 Å². The van der Waals surface area contributed by atoms with Crippen LogP contribution < -0.4 is 0 Å². The molecule has 1 aliphatic heterocycles. The van der Waals surface area contributed by atoms with Crippen LogP contribution in [0.5, 0.6) is 0 Å². The average Bonchev–Trinajstić information content (AvgIpc) is 3.35. The second-order valence-electron chi connectivity index (χ2n) is 11.7. The zero-order chi connectivity index (χ0) is 26.1. The standard InChI is InChI=1S/C24H37ClN6O3Si2/c1-35(2,3)13-11-33-16-29-9-10-30-22(24(29)32)20(25)21(28-30)18-7-8-26-23-19(18)15-27-31(23)17-34-12-14-36(4,5)6/h7-8,15H,9-14,16-17H2,1-6H3. The molecule has 4 heterocycles. The van der Waals surface area contributed by atoms with Crippen LogP contribution in [0.4, 0.5) is 0 Å². The van der Waals surface area contributed by atoms with E-state index >= 15 is 0 Å². The highest BCUT2D eigenvalue weighted by Crippen LogP contribution is 2.35. The van der Waals surface area contributed by atoms with Crippen molar-refractivity contribution in [3.05, 3.63) is 29.2 Å². The monoisotopic (exact) mass is 548 g/mol. The summed E-state index contributed by atoms with van der Waals surface area (Å²) in [4.78, 5) is 19.4. The first kappa shape index (κ1) is 27.0. The molecule has 0 unspecified atom stereocenters. The Balaban J connectivity index is 1.50. The van der Waals surface area contributed by atoms with Crippen LogP contribution in [0, 0.1) is 0 Å². The first-order chi connectivity index (χ1) is 16.9. The first-order valence-corrected chi connectivity index (χ1v) is 20.3. The normalized spacial score (nSPS) is 14.6. The van der Waals surface area contributed by atoms with Crippen molar-refractivity contribution < 1.29 is 14.3 Å². The third-order valence-corrected chi connectivity index (χ3v) is 9.98. The molecule has 196 valence electrons. The number of ether oxygens (including phenoxy) is 2. The predicted molar refractivity (Wildman–Crippen MR) is 148 cm³/mol. The minimum atomic E-state index is -1.18. The Labute approximate surface area is 219 Å². The maximum Gasteiger partial charge on any atom is 0.275 e. The topological polar surface area (TPSA) is 87.3 Å². The third-order valence-electron chi connectivity index (χ3n) is 6.21. The SMILES string of the molecule is C[Si](C)(C)CCOCN1CCn2nc(-c3ccnc4c3cnn4COCC[Si](C)(C)C)c(Cl)c2C1=O. The van der Waals surface area contributed by atoms with Gasteiger partial charge in [0.05, 0.1) is 17.8 Å². The van der Waals surface area contributed by atoms with E-state index in [1.165, 1.54) is 0 Å². The molecule has 12 heteroatoms. The molecule has 1 aliphatic rings. The molecule has 3 aromatic rings. The van der Waals surface area contributed by atoms with Gasteiger partial charge in [0.25, 0.3) is 5.91 Å². The summed E-state index contributed by atoms with van der Waals surface area (Å²) < 4.78 is 15.1. The summed E-state index contributed by atoms with van der Waals surface area (Å²) in [5, 5.41) is 10.4. The molecule has 0 aromatic carbocycles. The van der Waals surface area contributed by atoms with E-state index in [0.717, 1.165) is 23.0 Å². The van der Waals surface area contributed by atoms with Crippen molar-refractivity contribution >= 4 is 44.7 Å². The Hall–Kier alpha value is -2.06. The van der Waals surface area contributed by atoms with Crippen molar-refractivity contribution in [2.24, 2.45) is 0 Å². The van der Waals surface area contributed by atoms with Crippen LogP contribution in [0.1, 0.15) is 10.5 Å². The summed E-state index contributed by atoms with van der Waals surface area (Å²) in [7, 11) is -2.34. The molecule has 0 saturated heterocycles. The largest absolute Gasteiger partial charge is 0.361 e. The summed E-state index contributed by atoms with van der Waals surface area (Å²) in [6.45, 7) is 17.0. The lowest BCUT2D eigenvalue weighted by atomic mass is 10.1. The molecule has 0 N–H and O–H groups in total. The third kappa shape index (κ3) is 6.25. The van der Waals surface area contributed by atoms with Crippen LogP contribution in [-0.4, -0.2) is 78.0 Å². The van der Waals surface area contributed by atoms with Gasteiger partial charge in [0.15, 0.2) is 5.65 Å². The zero-order valence-electron chi connectivity index (χ0n) is 22.2. The lowest BCUT2D eigenvalue weighted by Crippen LogP contribution is -2.42. The summed E-state index contributed by atoms with van der Waals surface area (Å²) in [6, 6.07) is 4.02. The number of aromatic nitrogens is 5. The van der Waals surface area contributed by atoms with E-state index in [4.69, 9.17) is 26.2 Å². The van der Waals surface area contributed by atoms with Gasteiger partial charge in [-0.1, -0.05) is 50.9 Å². The number of fused-ring (bicyclic) bond motifs is 2. The average molecular weight is 549 g/mol. The van der Waals surface area contributed by atoms with Crippen LogP contribution in [0.2, 0.25) is 56.4 Å². The maximum atomic E-state index is 13.2. The molecule has 0 aliphatic carbocycles. The lowest BCUT2D eigenvalue weighted by Gasteiger charge is -2.27. The lowest BCUT2D eigenvalue weighted by molar-refractivity contribution is 0.0212. The van der Waals surface area contributed by atoms with Gasteiger partial charge < -0.3 is 14.4 Å². The Kier molecular flexibility index (Phi) is 8.05. The summed E-state index contributed by atoms with van der Waals surface area (Å²) in [5.74, 6) is -0.158. The van der Waals surface area contributed by atoms with Crippen LogP contribution in [0.3, 0.4) is 0 Å². The fourth-order valence-electron chi connectivity index (χ4n) is 3.93. The summed E-state index contributed by atoms with van der Waals surface area (Å²) >= 11 is 6.78. The van der Waals surface area contributed by atoms with Gasteiger partial charge in [0, 0.05) is 53.1 Å². The number of nitrogens with zero attached hydrogens (tertiary/aromatic N) is 6. The van der Waals surface area contributed by atoms with Gasteiger partial charge in [-0.15, -0.1) is 0 Å². The Morgan fingerprint density at radius 2 is 1.67 bits per heavy atom. The van der Waals surface area contributed by atoms with Gasteiger partial charge in [0.2, 0.25) is 0 Å². The summed E-state index contributed by atoms with van der Waals surface area (Å²) in [6.07, 6.45) is 3.47. The Morgan fingerprint density at radius 1 is 1.00 bits per heavy atom. The smallest absolute Gasteiger partial charge is 0.275 e.